The van der Waals surface area contributed by atoms with Gasteiger partial charge in [0.05, 0.1) is 23.2 Å². The first-order chi connectivity index (χ1) is 15.9. The number of aryl methyl sites for hydroxylation is 2. The number of rotatable bonds is 5. The lowest BCUT2D eigenvalue weighted by atomic mass is 10.1. The summed E-state index contributed by atoms with van der Waals surface area (Å²) < 4.78 is 14.8. The van der Waals surface area contributed by atoms with Crippen LogP contribution in [0.1, 0.15) is 40.5 Å². The molecule has 3 aromatic rings. The molecular formula is C24H27FN6O2. The zero-order valence-corrected chi connectivity index (χ0v) is 18.8. The summed E-state index contributed by atoms with van der Waals surface area (Å²) in [5.41, 5.74) is 3.79. The molecule has 2 aromatic heterocycles. The van der Waals surface area contributed by atoms with Gasteiger partial charge in [0.1, 0.15) is 5.82 Å². The van der Waals surface area contributed by atoms with E-state index in [2.05, 4.69) is 10.4 Å². The van der Waals surface area contributed by atoms with Crippen LogP contribution in [0.2, 0.25) is 0 Å². The molecule has 0 bridgehead atoms. The van der Waals surface area contributed by atoms with Crippen LogP contribution in [0.15, 0.2) is 30.3 Å². The summed E-state index contributed by atoms with van der Waals surface area (Å²) in [6.07, 6.45) is 2.23. The number of hydrogen-bond acceptors (Lipinski definition) is 5. The van der Waals surface area contributed by atoms with E-state index < -0.39 is 0 Å². The third kappa shape index (κ3) is 4.45. The minimum atomic E-state index is -0.342. The van der Waals surface area contributed by atoms with Gasteiger partial charge in [0.25, 0.3) is 5.91 Å². The van der Waals surface area contributed by atoms with Crippen molar-refractivity contribution in [2.45, 2.75) is 25.7 Å². The SMILES string of the molecule is Cc1nn(C)c2nc(C3CC3)cc(C(=O)N3CCN(CC(=O)Nc4ccc(F)cc4)CC3)c12. The average molecular weight is 451 g/mol. The Morgan fingerprint density at radius 3 is 2.48 bits per heavy atom. The monoisotopic (exact) mass is 450 g/mol. The number of carbonyl (C=O) groups excluding carboxylic acids is 2. The van der Waals surface area contributed by atoms with Gasteiger partial charge in [-0.2, -0.15) is 5.10 Å². The number of fused-ring (bicyclic) bond motifs is 1. The van der Waals surface area contributed by atoms with Gasteiger partial charge in [-0.15, -0.1) is 0 Å². The third-order valence-electron chi connectivity index (χ3n) is 6.37. The van der Waals surface area contributed by atoms with Gasteiger partial charge < -0.3 is 10.2 Å². The highest BCUT2D eigenvalue weighted by atomic mass is 19.1. The summed E-state index contributed by atoms with van der Waals surface area (Å²) in [7, 11) is 1.86. The van der Waals surface area contributed by atoms with Gasteiger partial charge in [0, 0.05) is 50.5 Å². The Morgan fingerprint density at radius 1 is 1.12 bits per heavy atom. The van der Waals surface area contributed by atoms with Crippen molar-refractivity contribution in [3.63, 3.8) is 0 Å². The fourth-order valence-electron chi connectivity index (χ4n) is 4.44. The number of nitrogens with zero attached hydrogens (tertiary/aromatic N) is 5. The first kappa shape index (κ1) is 21.5. The summed E-state index contributed by atoms with van der Waals surface area (Å²) in [6.45, 7) is 4.45. The van der Waals surface area contributed by atoms with Crippen LogP contribution in [0.3, 0.4) is 0 Å². The maximum Gasteiger partial charge on any atom is 0.254 e. The maximum absolute atomic E-state index is 13.5. The van der Waals surface area contributed by atoms with E-state index in [0.29, 0.717) is 43.3 Å². The summed E-state index contributed by atoms with van der Waals surface area (Å²) in [5, 5.41) is 8.10. The molecule has 1 saturated carbocycles. The van der Waals surface area contributed by atoms with E-state index in [1.54, 1.807) is 4.68 Å². The molecule has 0 atom stereocenters. The maximum atomic E-state index is 13.5. The van der Waals surface area contributed by atoms with Gasteiger partial charge in [0.2, 0.25) is 5.91 Å². The molecule has 2 amide bonds. The molecule has 5 rings (SSSR count). The van der Waals surface area contributed by atoms with Crippen LogP contribution in [-0.4, -0.2) is 69.1 Å². The van der Waals surface area contributed by atoms with Gasteiger partial charge in [-0.1, -0.05) is 0 Å². The van der Waals surface area contributed by atoms with Crippen molar-refractivity contribution in [2.75, 3.05) is 38.0 Å². The predicted molar refractivity (Wildman–Crippen MR) is 123 cm³/mol. The second-order valence-electron chi connectivity index (χ2n) is 8.90. The first-order valence-corrected chi connectivity index (χ1v) is 11.3. The quantitative estimate of drug-likeness (QED) is 0.646. The summed E-state index contributed by atoms with van der Waals surface area (Å²) in [5.74, 6) is -0.0632. The second-order valence-corrected chi connectivity index (χ2v) is 8.90. The van der Waals surface area contributed by atoms with Gasteiger partial charge in [-0.3, -0.25) is 19.2 Å². The molecule has 1 N–H and O–H groups in total. The van der Waals surface area contributed by atoms with Crippen LogP contribution >= 0.6 is 0 Å². The van der Waals surface area contributed by atoms with Gasteiger partial charge in [0.15, 0.2) is 5.65 Å². The van der Waals surface area contributed by atoms with Gasteiger partial charge in [-0.05, 0) is 50.1 Å². The zero-order valence-electron chi connectivity index (χ0n) is 18.8. The van der Waals surface area contributed by atoms with Crippen LogP contribution in [0.25, 0.3) is 11.0 Å². The molecular weight excluding hydrogens is 423 g/mol. The molecule has 1 aliphatic heterocycles. The molecule has 0 spiro atoms. The highest BCUT2D eigenvalue weighted by Crippen LogP contribution is 2.40. The predicted octanol–water partition coefficient (Wildman–Crippen LogP) is 2.69. The molecule has 0 unspecified atom stereocenters. The number of benzene rings is 1. The van der Waals surface area contributed by atoms with E-state index in [1.165, 1.54) is 24.3 Å². The molecule has 8 nitrogen and oxygen atoms in total. The lowest BCUT2D eigenvalue weighted by Crippen LogP contribution is -2.50. The van der Waals surface area contributed by atoms with E-state index in [9.17, 15) is 14.0 Å². The molecule has 2 fully saturated rings. The smallest absolute Gasteiger partial charge is 0.254 e. The van der Waals surface area contributed by atoms with Crippen molar-refractivity contribution in [1.29, 1.82) is 0 Å². The number of carbonyl (C=O) groups is 2. The molecule has 1 aromatic carbocycles. The summed E-state index contributed by atoms with van der Waals surface area (Å²) in [4.78, 5) is 34.5. The topological polar surface area (TPSA) is 83.4 Å². The zero-order chi connectivity index (χ0) is 23.1. The number of nitrogens with one attached hydrogen (secondary N) is 1. The van der Waals surface area contributed by atoms with Crippen molar-refractivity contribution in [3.8, 4) is 0 Å². The standard InChI is InChI=1S/C24H27FN6O2/c1-15-22-19(13-20(16-3-4-16)27-23(22)29(2)28-15)24(33)31-11-9-30(10-12-31)14-21(32)26-18-7-5-17(25)6-8-18/h5-8,13,16H,3-4,9-12,14H2,1-2H3,(H,26,32). The molecule has 172 valence electrons. The number of hydrogen-bond donors (Lipinski definition) is 1. The molecule has 3 heterocycles. The third-order valence-corrected chi connectivity index (χ3v) is 6.37. The van der Waals surface area contributed by atoms with E-state index >= 15 is 0 Å². The van der Waals surface area contributed by atoms with E-state index in [4.69, 9.17) is 4.98 Å². The molecule has 0 radical (unpaired) electrons. The minimum absolute atomic E-state index is 0.00388. The van der Waals surface area contributed by atoms with Gasteiger partial charge >= 0.3 is 0 Å². The number of aromatic nitrogens is 3. The Morgan fingerprint density at radius 2 is 1.82 bits per heavy atom. The van der Waals surface area contributed by atoms with E-state index in [0.717, 1.165) is 35.3 Å². The van der Waals surface area contributed by atoms with Crippen LogP contribution < -0.4 is 5.32 Å². The fraction of sp³-hybridized carbons (Fsp3) is 0.417. The van der Waals surface area contributed by atoms with Crippen LogP contribution in [0.5, 0.6) is 0 Å². The molecule has 1 saturated heterocycles. The summed E-state index contributed by atoms with van der Waals surface area (Å²) in [6, 6.07) is 7.66. The van der Waals surface area contributed by atoms with Crippen molar-refractivity contribution in [2.24, 2.45) is 7.05 Å². The van der Waals surface area contributed by atoms with Crippen molar-refractivity contribution in [3.05, 3.63) is 53.1 Å². The number of amides is 2. The van der Waals surface area contributed by atoms with Crippen LogP contribution in [0.4, 0.5) is 10.1 Å². The molecule has 9 heteroatoms. The average Bonchev–Trinajstić information content (AvgIpc) is 3.61. The minimum Gasteiger partial charge on any atom is -0.336 e. The Labute approximate surface area is 191 Å². The number of anilines is 1. The largest absolute Gasteiger partial charge is 0.336 e. The van der Waals surface area contributed by atoms with Crippen LogP contribution in [0, 0.1) is 12.7 Å². The Kier molecular flexibility index (Phi) is 5.57. The lowest BCUT2D eigenvalue weighted by Gasteiger charge is -2.34. The Hall–Kier alpha value is -3.33. The van der Waals surface area contributed by atoms with Crippen molar-refractivity contribution in [1.82, 2.24) is 24.6 Å². The van der Waals surface area contributed by atoms with Gasteiger partial charge in [-0.25, -0.2) is 9.37 Å². The molecule has 1 aliphatic carbocycles. The molecule has 2 aliphatic rings. The number of halogens is 1. The summed E-state index contributed by atoms with van der Waals surface area (Å²) >= 11 is 0. The molecule has 33 heavy (non-hydrogen) atoms. The first-order valence-electron chi connectivity index (χ1n) is 11.3. The highest BCUT2D eigenvalue weighted by Gasteiger charge is 2.30. The van der Waals surface area contributed by atoms with E-state index in [-0.39, 0.29) is 24.2 Å². The van der Waals surface area contributed by atoms with Crippen LogP contribution in [-0.2, 0) is 11.8 Å². The second kappa shape index (κ2) is 8.55. The van der Waals surface area contributed by atoms with E-state index in [1.807, 2.05) is 29.8 Å². The number of pyridine rings is 1. The normalized spacial score (nSPS) is 16.9. The van der Waals surface area contributed by atoms with Crippen molar-refractivity contribution >= 4 is 28.5 Å². The Balaban J connectivity index is 1.25. The lowest BCUT2D eigenvalue weighted by molar-refractivity contribution is -0.117. The van der Waals surface area contributed by atoms with Crippen molar-refractivity contribution < 1.29 is 14.0 Å². The number of piperazine rings is 1. The Bertz CT molecular complexity index is 1210. The highest BCUT2D eigenvalue weighted by molar-refractivity contribution is 6.06. The fourth-order valence-corrected chi connectivity index (χ4v) is 4.44.